The summed E-state index contributed by atoms with van der Waals surface area (Å²) in [5.41, 5.74) is 5.36. The van der Waals surface area contributed by atoms with Gasteiger partial charge in [-0.05, 0) is 45.4 Å². The van der Waals surface area contributed by atoms with Crippen LogP contribution < -0.4 is 5.32 Å². The minimum Gasteiger partial charge on any atom is -0.355 e. The maximum Gasteiger partial charge on any atom is 0.253 e. The molecule has 6 nitrogen and oxygen atoms in total. The Hall–Kier alpha value is -2.41. The van der Waals surface area contributed by atoms with E-state index in [0.29, 0.717) is 23.9 Å². The first-order chi connectivity index (χ1) is 14.4. The molecule has 0 atom stereocenters. The first kappa shape index (κ1) is 20.8. The normalized spacial score (nSPS) is 15.6. The first-order valence-electron chi connectivity index (χ1n) is 10.5. The van der Waals surface area contributed by atoms with Gasteiger partial charge in [-0.3, -0.25) is 4.79 Å². The number of benzene rings is 1. The molecule has 0 saturated heterocycles. The van der Waals surface area contributed by atoms with Crippen molar-refractivity contribution in [3.05, 3.63) is 52.3 Å². The van der Waals surface area contributed by atoms with Crippen LogP contribution in [0.4, 0.5) is 0 Å². The van der Waals surface area contributed by atoms with Gasteiger partial charge in [0.05, 0.1) is 6.42 Å². The quantitative estimate of drug-likeness (QED) is 0.608. The summed E-state index contributed by atoms with van der Waals surface area (Å²) in [6.45, 7) is 6.73. The zero-order valence-electron chi connectivity index (χ0n) is 18.2. The molecule has 0 aliphatic heterocycles. The second-order valence-electron chi connectivity index (χ2n) is 8.38. The van der Waals surface area contributed by atoms with E-state index in [0.717, 1.165) is 29.8 Å². The highest BCUT2D eigenvalue weighted by Gasteiger charge is 2.36. The Balaban J connectivity index is 1.52. The lowest BCUT2D eigenvalue weighted by Crippen LogP contribution is -2.39. The monoisotopic (exact) mass is 423 g/mol. The van der Waals surface area contributed by atoms with Crippen molar-refractivity contribution in [2.75, 3.05) is 12.8 Å². The van der Waals surface area contributed by atoms with E-state index in [9.17, 15) is 4.79 Å². The maximum absolute atomic E-state index is 12.9. The number of amides is 1. The van der Waals surface area contributed by atoms with Crippen molar-refractivity contribution in [2.24, 2.45) is 0 Å². The SMILES string of the molecule is CSc1nc2nc(C)c(CC(=O)NCC3(c4cccc(C)c4)CCCC3)c(C)n2n1. The summed E-state index contributed by atoms with van der Waals surface area (Å²) < 4.78 is 1.74. The van der Waals surface area contributed by atoms with Crippen molar-refractivity contribution in [3.8, 4) is 0 Å². The van der Waals surface area contributed by atoms with Crippen LogP contribution >= 0.6 is 11.8 Å². The average molecular weight is 424 g/mol. The number of aromatic nitrogens is 4. The molecule has 0 spiro atoms. The highest BCUT2D eigenvalue weighted by molar-refractivity contribution is 7.98. The van der Waals surface area contributed by atoms with E-state index < -0.39 is 0 Å². The molecular weight excluding hydrogens is 394 g/mol. The maximum atomic E-state index is 12.9. The van der Waals surface area contributed by atoms with E-state index in [1.807, 2.05) is 20.1 Å². The predicted octanol–water partition coefficient (Wildman–Crippen LogP) is 3.94. The summed E-state index contributed by atoms with van der Waals surface area (Å²) in [4.78, 5) is 21.9. The lowest BCUT2D eigenvalue weighted by molar-refractivity contribution is -0.120. The standard InChI is InChI=1S/C23H29N5OS/c1-15-8-7-9-18(12-15)23(10-5-6-11-23)14-24-20(29)13-19-16(2)25-21-26-22(30-4)27-28(21)17(19)3/h7-9,12H,5-6,10-11,13-14H2,1-4H3,(H,24,29). The number of hydrogen-bond donors (Lipinski definition) is 1. The molecule has 30 heavy (non-hydrogen) atoms. The van der Waals surface area contributed by atoms with Gasteiger partial charge in [-0.1, -0.05) is 54.4 Å². The number of thioether (sulfide) groups is 1. The molecule has 158 valence electrons. The van der Waals surface area contributed by atoms with Gasteiger partial charge in [0.1, 0.15) is 0 Å². The third-order valence-electron chi connectivity index (χ3n) is 6.36. The minimum atomic E-state index is 0.0338. The van der Waals surface area contributed by atoms with E-state index in [1.165, 1.54) is 35.7 Å². The molecule has 0 bridgehead atoms. The van der Waals surface area contributed by atoms with Gasteiger partial charge in [-0.15, -0.1) is 5.10 Å². The number of fused-ring (bicyclic) bond motifs is 1. The molecule has 1 aliphatic carbocycles. The number of nitrogens with zero attached hydrogens (tertiary/aromatic N) is 4. The Kier molecular flexibility index (Phi) is 5.82. The van der Waals surface area contributed by atoms with Crippen LogP contribution in [0.25, 0.3) is 5.78 Å². The van der Waals surface area contributed by atoms with Crippen LogP contribution in [0.15, 0.2) is 29.4 Å². The second-order valence-corrected chi connectivity index (χ2v) is 9.16. The highest BCUT2D eigenvalue weighted by atomic mass is 32.2. The topological polar surface area (TPSA) is 72.2 Å². The Morgan fingerprint density at radius 3 is 2.67 bits per heavy atom. The van der Waals surface area contributed by atoms with Gasteiger partial charge in [0, 0.05) is 28.9 Å². The molecule has 1 fully saturated rings. The lowest BCUT2D eigenvalue weighted by atomic mass is 9.78. The summed E-state index contributed by atoms with van der Waals surface area (Å²) in [6, 6.07) is 8.75. The van der Waals surface area contributed by atoms with Crippen LogP contribution in [0, 0.1) is 20.8 Å². The van der Waals surface area contributed by atoms with Crippen LogP contribution in [0.5, 0.6) is 0 Å². The van der Waals surface area contributed by atoms with Gasteiger partial charge >= 0.3 is 0 Å². The molecule has 4 rings (SSSR count). The molecule has 2 heterocycles. The predicted molar refractivity (Wildman–Crippen MR) is 120 cm³/mol. The average Bonchev–Trinajstić information content (AvgIpc) is 3.37. The van der Waals surface area contributed by atoms with E-state index >= 15 is 0 Å². The minimum absolute atomic E-state index is 0.0338. The molecule has 1 amide bonds. The van der Waals surface area contributed by atoms with E-state index in [2.05, 4.69) is 51.6 Å². The fourth-order valence-corrected chi connectivity index (χ4v) is 4.95. The number of hydrogen-bond acceptors (Lipinski definition) is 5. The Morgan fingerprint density at radius 1 is 1.20 bits per heavy atom. The summed E-state index contributed by atoms with van der Waals surface area (Å²) >= 11 is 1.49. The summed E-state index contributed by atoms with van der Waals surface area (Å²) in [6.07, 6.45) is 6.92. The Morgan fingerprint density at radius 2 is 1.97 bits per heavy atom. The Labute approximate surface area is 181 Å². The van der Waals surface area contributed by atoms with Crippen molar-refractivity contribution in [3.63, 3.8) is 0 Å². The third-order valence-corrected chi connectivity index (χ3v) is 6.90. The summed E-state index contributed by atoms with van der Waals surface area (Å²) in [5, 5.41) is 8.40. The fourth-order valence-electron chi connectivity index (χ4n) is 4.62. The molecule has 7 heteroatoms. The lowest BCUT2D eigenvalue weighted by Gasteiger charge is -2.30. The van der Waals surface area contributed by atoms with Crippen molar-refractivity contribution in [1.29, 1.82) is 0 Å². The molecule has 3 aromatic rings. The van der Waals surface area contributed by atoms with Crippen LogP contribution in [-0.2, 0) is 16.6 Å². The number of aryl methyl sites for hydroxylation is 3. The summed E-state index contributed by atoms with van der Waals surface area (Å²) in [7, 11) is 0. The van der Waals surface area contributed by atoms with E-state index in [-0.39, 0.29) is 11.3 Å². The smallest absolute Gasteiger partial charge is 0.253 e. The van der Waals surface area contributed by atoms with Crippen molar-refractivity contribution in [2.45, 2.75) is 63.4 Å². The molecule has 2 aromatic heterocycles. The van der Waals surface area contributed by atoms with Crippen LogP contribution in [0.1, 0.15) is 53.8 Å². The zero-order chi connectivity index (χ0) is 21.3. The van der Waals surface area contributed by atoms with Crippen LogP contribution in [0.2, 0.25) is 0 Å². The molecule has 1 aliphatic rings. The molecule has 1 saturated carbocycles. The summed E-state index contributed by atoms with van der Waals surface area (Å²) in [5.74, 6) is 0.620. The number of nitrogens with one attached hydrogen (secondary N) is 1. The van der Waals surface area contributed by atoms with Crippen LogP contribution in [-0.4, -0.2) is 38.3 Å². The van der Waals surface area contributed by atoms with Gasteiger partial charge in [0.2, 0.25) is 11.1 Å². The largest absolute Gasteiger partial charge is 0.355 e. The highest BCUT2D eigenvalue weighted by Crippen LogP contribution is 2.40. The fraction of sp³-hybridized carbons (Fsp3) is 0.478. The first-order valence-corrected chi connectivity index (χ1v) is 11.7. The molecule has 1 N–H and O–H groups in total. The molecule has 1 aromatic carbocycles. The second kappa shape index (κ2) is 8.38. The number of carbonyl (C=O) groups is 1. The molecule has 0 radical (unpaired) electrons. The van der Waals surface area contributed by atoms with Crippen molar-refractivity contribution < 1.29 is 4.79 Å². The number of rotatable bonds is 6. The molecule has 0 unspecified atom stereocenters. The van der Waals surface area contributed by atoms with Crippen LogP contribution in [0.3, 0.4) is 0 Å². The third kappa shape index (κ3) is 3.95. The van der Waals surface area contributed by atoms with Gasteiger partial charge in [-0.25, -0.2) is 9.50 Å². The van der Waals surface area contributed by atoms with Crippen molar-refractivity contribution >= 4 is 23.4 Å². The van der Waals surface area contributed by atoms with E-state index in [1.54, 1.807) is 4.52 Å². The number of carbonyl (C=O) groups excluding carboxylic acids is 1. The van der Waals surface area contributed by atoms with Crippen molar-refractivity contribution in [1.82, 2.24) is 24.9 Å². The van der Waals surface area contributed by atoms with Gasteiger partial charge in [0.15, 0.2) is 0 Å². The molecular formula is C23H29N5OS. The Bertz CT molecular complexity index is 1080. The van der Waals surface area contributed by atoms with Gasteiger partial charge < -0.3 is 5.32 Å². The zero-order valence-corrected chi connectivity index (χ0v) is 19.0. The van der Waals surface area contributed by atoms with Gasteiger partial charge in [0.25, 0.3) is 5.78 Å². The van der Waals surface area contributed by atoms with Gasteiger partial charge in [-0.2, -0.15) is 4.98 Å². The van der Waals surface area contributed by atoms with E-state index in [4.69, 9.17) is 0 Å².